The number of carbonyl (C=O) groups is 1. The highest BCUT2D eigenvalue weighted by atomic mass is 16.5. The summed E-state index contributed by atoms with van der Waals surface area (Å²) in [4.78, 5) is 13.7. The minimum Gasteiger partial charge on any atom is -0.368 e. The molecule has 2 aliphatic rings. The van der Waals surface area contributed by atoms with Gasteiger partial charge in [0.25, 0.3) is 5.91 Å². The molecular formula is C10H17NO2. The summed E-state index contributed by atoms with van der Waals surface area (Å²) in [6, 6.07) is 0. The van der Waals surface area contributed by atoms with Crippen LogP contribution in [-0.2, 0) is 9.53 Å². The van der Waals surface area contributed by atoms with E-state index < -0.39 is 0 Å². The molecule has 2 fully saturated rings. The van der Waals surface area contributed by atoms with Crippen molar-refractivity contribution in [2.75, 3.05) is 19.7 Å². The van der Waals surface area contributed by atoms with Crippen LogP contribution in [0.4, 0.5) is 0 Å². The number of ether oxygens (including phenoxy) is 1. The van der Waals surface area contributed by atoms with Crippen molar-refractivity contribution in [1.82, 2.24) is 4.90 Å². The molecule has 1 amide bonds. The van der Waals surface area contributed by atoms with Crippen molar-refractivity contribution in [3.63, 3.8) is 0 Å². The number of hydrogen-bond acceptors (Lipinski definition) is 2. The van der Waals surface area contributed by atoms with Crippen LogP contribution in [-0.4, -0.2) is 36.6 Å². The second-order valence-corrected chi connectivity index (χ2v) is 4.16. The van der Waals surface area contributed by atoms with Crippen molar-refractivity contribution < 1.29 is 9.53 Å². The third kappa shape index (κ3) is 1.85. The fourth-order valence-corrected chi connectivity index (χ4v) is 1.86. The van der Waals surface area contributed by atoms with E-state index in [0.29, 0.717) is 0 Å². The van der Waals surface area contributed by atoms with E-state index in [1.807, 2.05) is 4.90 Å². The summed E-state index contributed by atoms with van der Waals surface area (Å²) in [6.45, 7) is 4.88. The van der Waals surface area contributed by atoms with Crippen molar-refractivity contribution in [3.8, 4) is 0 Å². The molecule has 74 valence electrons. The number of rotatable bonds is 1. The molecule has 0 bridgehead atoms. The maximum absolute atomic E-state index is 11.7. The highest BCUT2D eigenvalue weighted by molar-refractivity contribution is 5.81. The van der Waals surface area contributed by atoms with Crippen LogP contribution >= 0.6 is 0 Å². The first-order valence-electron chi connectivity index (χ1n) is 5.18. The van der Waals surface area contributed by atoms with Gasteiger partial charge in [0.05, 0.1) is 6.61 Å². The van der Waals surface area contributed by atoms with Gasteiger partial charge in [0.2, 0.25) is 0 Å². The van der Waals surface area contributed by atoms with Gasteiger partial charge in [-0.2, -0.15) is 0 Å². The van der Waals surface area contributed by atoms with Gasteiger partial charge in [-0.1, -0.05) is 6.92 Å². The smallest absolute Gasteiger partial charge is 0.251 e. The highest BCUT2D eigenvalue weighted by Crippen LogP contribution is 2.20. The maximum Gasteiger partial charge on any atom is 0.251 e. The molecule has 0 aliphatic carbocycles. The molecule has 3 heteroatoms. The summed E-state index contributed by atoms with van der Waals surface area (Å²) in [5, 5.41) is 0. The maximum atomic E-state index is 11.7. The fraction of sp³-hybridized carbons (Fsp3) is 0.900. The zero-order valence-corrected chi connectivity index (χ0v) is 8.16. The minimum absolute atomic E-state index is 0.103. The second-order valence-electron chi connectivity index (χ2n) is 4.16. The number of likely N-dealkylation sites (tertiary alicyclic amines) is 1. The topological polar surface area (TPSA) is 29.5 Å². The van der Waals surface area contributed by atoms with Gasteiger partial charge in [0.1, 0.15) is 6.10 Å². The fourth-order valence-electron chi connectivity index (χ4n) is 1.86. The molecule has 0 aromatic heterocycles. The van der Waals surface area contributed by atoms with E-state index in [1.54, 1.807) is 0 Å². The highest BCUT2D eigenvalue weighted by Gasteiger charge is 2.31. The van der Waals surface area contributed by atoms with Crippen LogP contribution < -0.4 is 0 Å². The lowest BCUT2D eigenvalue weighted by Gasteiger charge is -2.35. The van der Waals surface area contributed by atoms with Gasteiger partial charge >= 0.3 is 0 Å². The van der Waals surface area contributed by atoms with Crippen molar-refractivity contribution in [1.29, 1.82) is 0 Å². The van der Waals surface area contributed by atoms with Crippen LogP contribution in [0.25, 0.3) is 0 Å². The predicted octanol–water partition coefficient (Wildman–Crippen LogP) is 1.03. The third-order valence-corrected chi connectivity index (χ3v) is 3.07. The van der Waals surface area contributed by atoms with Gasteiger partial charge in [0, 0.05) is 19.5 Å². The molecular weight excluding hydrogens is 166 g/mol. The number of hydrogen-bond donors (Lipinski definition) is 0. The first-order chi connectivity index (χ1) is 6.27. The zero-order valence-electron chi connectivity index (χ0n) is 8.16. The SMILES string of the molecule is CC1CCN(C(=O)[C@H]2CCO2)CC1. The standard InChI is InChI=1S/C10H17NO2/c1-8-2-5-11(6-3-8)10(12)9-4-7-13-9/h8-9H,2-7H2,1H3/t9-/m1/s1. The van der Waals surface area contributed by atoms with E-state index in [1.165, 1.54) is 0 Å². The monoisotopic (exact) mass is 183 g/mol. The quantitative estimate of drug-likeness (QED) is 0.607. The molecule has 0 aromatic rings. The Kier molecular flexibility index (Phi) is 2.54. The molecule has 2 saturated heterocycles. The largest absolute Gasteiger partial charge is 0.368 e. The summed E-state index contributed by atoms with van der Waals surface area (Å²) >= 11 is 0. The molecule has 13 heavy (non-hydrogen) atoms. The first-order valence-corrected chi connectivity index (χ1v) is 5.18. The Morgan fingerprint density at radius 3 is 2.38 bits per heavy atom. The van der Waals surface area contributed by atoms with Crippen LogP contribution in [0.15, 0.2) is 0 Å². The van der Waals surface area contributed by atoms with E-state index >= 15 is 0 Å². The van der Waals surface area contributed by atoms with Crippen LogP contribution in [0.3, 0.4) is 0 Å². The van der Waals surface area contributed by atoms with E-state index in [4.69, 9.17) is 4.74 Å². The molecule has 1 atom stereocenters. The Morgan fingerprint density at radius 1 is 1.31 bits per heavy atom. The third-order valence-electron chi connectivity index (χ3n) is 3.07. The average molecular weight is 183 g/mol. The van der Waals surface area contributed by atoms with Gasteiger partial charge in [-0.3, -0.25) is 4.79 Å². The lowest BCUT2D eigenvalue weighted by molar-refractivity contribution is -0.157. The van der Waals surface area contributed by atoms with E-state index in [-0.39, 0.29) is 12.0 Å². The molecule has 0 radical (unpaired) electrons. The zero-order chi connectivity index (χ0) is 9.26. The van der Waals surface area contributed by atoms with Gasteiger partial charge in [0.15, 0.2) is 0 Å². The number of nitrogens with zero attached hydrogens (tertiary/aromatic N) is 1. The number of piperidine rings is 1. The Balaban J connectivity index is 1.83. The summed E-state index contributed by atoms with van der Waals surface area (Å²) in [7, 11) is 0. The summed E-state index contributed by atoms with van der Waals surface area (Å²) in [5.41, 5.74) is 0. The number of amides is 1. The summed E-state index contributed by atoms with van der Waals surface area (Å²) < 4.78 is 5.18. The average Bonchev–Trinajstić information content (AvgIpc) is 2.02. The van der Waals surface area contributed by atoms with Crippen molar-refractivity contribution in [2.24, 2.45) is 5.92 Å². The predicted molar refractivity (Wildman–Crippen MR) is 49.3 cm³/mol. The number of carbonyl (C=O) groups excluding carboxylic acids is 1. The molecule has 0 aromatic carbocycles. The molecule has 0 spiro atoms. The Labute approximate surface area is 79.0 Å². The van der Waals surface area contributed by atoms with Crippen molar-refractivity contribution >= 4 is 5.91 Å². The van der Waals surface area contributed by atoms with Gasteiger partial charge < -0.3 is 9.64 Å². The van der Waals surface area contributed by atoms with Crippen LogP contribution in [0.1, 0.15) is 26.2 Å². The van der Waals surface area contributed by atoms with Gasteiger partial charge in [-0.05, 0) is 18.8 Å². The molecule has 2 rings (SSSR count). The van der Waals surface area contributed by atoms with Crippen LogP contribution in [0, 0.1) is 5.92 Å². The summed E-state index contributed by atoms with van der Waals surface area (Å²) in [6.07, 6.45) is 3.12. The Morgan fingerprint density at radius 2 is 1.92 bits per heavy atom. The lowest BCUT2D eigenvalue weighted by atomic mass is 9.98. The molecule has 2 aliphatic heterocycles. The van der Waals surface area contributed by atoms with Gasteiger partial charge in [-0.15, -0.1) is 0 Å². The van der Waals surface area contributed by atoms with Crippen molar-refractivity contribution in [3.05, 3.63) is 0 Å². The van der Waals surface area contributed by atoms with E-state index in [9.17, 15) is 4.79 Å². The molecule has 3 nitrogen and oxygen atoms in total. The van der Waals surface area contributed by atoms with Crippen molar-refractivity contribution in [2.45, 2.75) is 32.3 Å². The Bertz CT molecular complexity index is 193. The normalized spacial score (nSPS) is 29.9. The van der Waals surface area contributed by atoms with Crippen LogP contribution in [0.2, 0.25) is 0 Å². The second kappa shape index (κ2) is 3.66. The molecule has 0 saturated carbocycles. The Hall–Kier alpha value is -0.570. The molecule has 0 N–H and O–H groups in total. The van der Waals surface area contributed by atoms with Gasteiger partial charge in [-0.25, -0.2) is 0 Å². The van der Waals surface area contributed by atoms with Crippen LogP contribution in [0.5, 0.6) is 0 Å². The molecule has 2 heterocycles. The van der Waals surface area contributed by atoms with E-state index in [2.05, 4.69) is 6.92 Å². The minimum atomic E-state index is -0.103. The summed E-state index contributed by atoms with van der Waals surface area (Å²) in [5.74, 6) is 1.00. The molecule has 0 unspecified atom stereocenters. The lowest BCUT2D eigenvalue weighted by Crippen LogP contribution is -2.48. The van der Waals surface area contributed by atoms with E-state index in [0.717, 1.165) is 44.9 Å². The first kappa shape index (κ1) is 9.00.